The first-order valence-electron chi connectivity index (χ1n) is 12.0. The minimum atomic E-state index is -0.780. The molecule has 3 heterocycles. The van der Waals surface area contributed by atoms with Crippen LogP contribution in [0.4, 0.5) is 9.52 Å². The molecule has 2 atom stereocenters. The lowest BCUT2D eigenvalue weighted by Crippen LogP contribution is -2.57. The summed E-state index contributed by atoms with van der Waals surface area (Å²) in [6.45, 7) is 5.96. The van der Waals surface area contributed by atoms with Crippen LogP contribution in [-0.2, 0) is 11.3 Å². The first-order valence-corrected chi connectivity index (χ1v) is 12.8. The second-order valence-corrected chi connectivity index (χ2v) is 10.2. The highest BCUT2D eigenvalue weighted by atomic mass is 32.1. The van der Waals surface area contributed by atoms with E-state index in [-0.39, 0.29) is 29.4 Å². The summed E-state index contributed by atoms with van der Waals surface area (Å²) in [6, 6.07) is 11.4. The molecule has 0 spiro atoms. The van der Waals surface area contributed by atoms with E-state index in [4.69, 9.17) is 0 Å². The average molecular weight is 520 g/mol. The Bertz CT molecular complexity index is 1450. The van der Waals surface area contributed by atoms with Crippen molar-refractivity contribution in [1.29, 1.82) is 0 Å². The number of rotatable bonds is 6. The van der Waals surface area contributed by atoms with Crippen molar-refractivity contribution in [1.82, 2.24) is 19.8 Å². The van der Waals surface area contributed by atoms with Gasteiger partial charge in [0.2, 0.25) is 0 Å². The van der Waals surface area contributed by atoms with Crippen LogP contribution >= 0.6 is 11.3 Å². The molecule has 2 N–H and O–H groups in total. The van der Waals surface area contributed by atoms with Crippen molar-refractivity contribution in [2.24, 2.45) is 0 Å². The predicted octanol–water partition coefficient (Wildman–Crippen LogP) is 4.32. The third-order valence-electron chi connectivity index (χ3n) is 6.71. The molecule has 8 nitrogen and oxygen atoms in total. The lowest BCUT2D eigenvalue weighted by Gasteiger charge is -2.44. The number of thiazole rings is 1. The number of nitrogens with zero attached hydrogens (tertiary/aromatic N) is 3. The highest BCUT2D eigenvalue weighted by Crippen LogP contribution is 2.26. The monoisotopic (exact) mass is 519 g/mol. The predicted molar refractivity (Wildman–Crippen MR) is 140 cm³/mol. The van der Waals surface area contributed by atoms with Gasteiger partial charge in [-0.15, -0.1) is 11.3 Å². The minimum absolute atomic E-state index is 0.0528. The second-order valence-electron chi connectivity index (χ2n) is 9.29. The van der Waals surface area contributed by atoms with Crippen LogP contribution in [0.1, 0.15) is 40.1 Å². The number of aromatic amines is 1. The molecule has 2 aromatic heterocycles. The van der Waals surface area contributed by atoms with Crippen LogP contribution in [0.5, 0.6) is 0 Å². The summed E-state index contributed by atoms with van der Waals surface area (Å²) in [5.41, 5.74) is 2.38. The maximum absolute atomic E-state index is 13.6. The fourth-order valence-corrected chi connectivity index (χ4v) is 5.21. The summed E-state index contributed by atoms with van der Waals surface area (Å²) >= 11 is 1.22. The van der Waals surface area contributed by atoms with Crippen molar-refractivity contribution in [2.75, 3.05) is 18.4 Å². The van der Waals surface area contributed by atoms with Gasteiger partial charge in [-0.3, -0.25) is 24.6 Å². The fraction of sp³-hybridized carbons (Fsp3) is 0.259. The Hall–Kier alpha value is -3.89. The number of hydrogen-bond donors (Lipinski definition) is 2. The molecule has 1 fully saturated rings. The Labute approximate surface area is 217 Å². The number of carbonyl (C=O) groups is 3. The van der Waals surface area contributed by atoms with Crippen molar-refractivity contribution < 1.29 is 18.8 Å². The molecule has 0 radical (unpaired) electrons. The molecule has 1 aliphatic rings. The molecule has 2 amide bonds. The summed E-state index contributed by atoms with van der Waals surface area (Å²) in [6.07, 6.45) is 3.19. The normalized spacial score (nSPS) is 18.2. The number of H-pyrrole nitrogens is 1. The number of hydrogen-bond acceptors (Lipinski definition) is 6. The van der Waals surface area contributed by atoms with Crippen molar-refractivity contribution >= 4 is 45.0 Å². The van der Waals surface area contributed by atoms with Crippen LogP contribution in [-0.4, -0.2) is 62.5 Å². The first-order chi connectivity index (χ1) is 17.8. The number of ketones is 1. The quantitative estimate of drug-likeness (QED) is 0.292. The zero-order valence-corrected chi connectivity index (χ0v) is 21.2. The van der Waals surface area contributed by atoms with Crippen molar-refractivity contribution in [3.05, 3.63) is 82.7 Å². The molecule has 10 heteroatoms. The topological polar surface area (TPSA) is 98.4 Å². The van der Waals surface area contributed by atoms with Gasteiger partial charge in [-0.25, -0.2) is 9.37 Å². The van der Waals surface area contributed by atoms with Crippen molar-refractivity contribution in [3.8, 4) is 0 Å². The fourth-order valence-electron chi connectivity index (χ4n) is 4.69. The van der Waals surface area contributed by atoms with E-state index in [0.717, 1.165) is 5.56 Å². The number of halogens is 1. The highest BCUT2D eigenvalue weighted by molar-refractivity contribution is 7.13. The van der Waals surface area contributed by atoms with Crippen LogP contribution in [0.15, 0.2) is 60.2 Å². The number of nitrogens with one attached hydrogen (secondary N) is 2. The summed E-state index contributed by atoms with van der Waals surface area (Å²) in [5.74, 6) is -1.88. The number of fused-ring (bicyclic) bond motifs is 1. The molecule has 1 aliphatic heterocycles. The SMILES string of the molecule is CC1CN(C(=O)c2c[nH]c3ccc(C(=O)C(=O)Nc4nccs4)cc23)C(C)CN1Cc1ccc(F)cc1. The summed E-state index contributed by atoms with van der Waals surface area (Å²) in [4.78, 5) is 50.0. The summed E-state index contributed by atoms with van der Waals surface area (Å²) in [7, 11) is 0. The maximum Gasteiger partial charge on any atom is 0.298 e. The Kier molecular flexibility index (Phi) is 6.86. The minimum Gasteiger partial charge on any atom is -0.360 e. The van der Waals surface area contributed by atoms with Gasteiger partial charge in [-0.2, -0.15) is 0 Å². The van der Waals surface area contributed by atoms with Gasteiger partial charge >= 0.3 is 0 Å². The first kappa shape index (κ1) is 24.8. The van der Waals surface area contributed by atoms with Gasteiger partial charge in [0.05, 0.1) is 5.56 Å². The second kappa shape index (κ2) is 10.2. The number of Topliss-reactive ketones (excluding diaryl/α,β-unsaturated/α-hetero) is 1. The van der Waals surface area contributed by atoms with Crippen molar-refractivity contribution in [2.45, 2.75) is 32.5 Å². The molecule has 0 saturated carbocycles. The highest BCUT2D eigenvalue weighted by Gasteiger charge is 2.33. The number of aromatic nitrogens is 2. The molecule has 4 aromatic rings. The van der Waals surface area contributed by atoms with Crippen LogP contribution in [0.25, 0.3) is 10.9 Å². The molecule has 0 aliphatic carbocycles. The van der Waals surface area contributed by atoms with E-state index in [0.29, 0.717) is 41.2 Å². The van der Waals surface area contributed by atoms with E-state index in [9.17, 15) is 18.8 Å². The van der Waals surface area contributed by atoms with E-state index in [1.165, 1.54) is 23.5 Å². The Morgan fingerprint density at radius 1 is 1.11 bits per heavy atom. The lowest BCUT2D eigenvalue weighted by molar-refractivity contribution is -0.112. The average Bonchev–Trinajstić information content (AvgIpc) is 3.56. The number of anilines is 1. The lowest BCUT2D eigenvalue weighted by atomic mass is 10.0. The zero-order valence-electron chi connectivity index (χ0n) is 20.4. The third kappa shape index (κ3) is 5.16. The van der Waals surface area contributed by atoms with E-state index in [1.807, 2.05) is 11.8 Å². The molecule has 37 heavy (non-hydrogen) atoms. The maximum atomic E-state index is 13.6. The number of benzene rings is 2. The van der Waals surface area contributed by atoms with Gasteiger partial charge in [0.25, 0.3) is 17.6 Å². The van der Waals surface area contributed by atoms with Gasteiger partial charge in [0.1, 0.15) is 5.82 Å². The van der Waals surface area contributed by atoms with E-state index < -0.39 is 11.7 Å². The zero-order chi connectivity index (χ0) is 26.1. The van der Waals surface area contributed by atoms with Gasteiger partial charge in [-0.1, -0.05) is 12.1 Å². The molecular weight excluding hydrogens is 493 g/mol. The Morgan fingerprint density at radius 3 is 2.62 bits per heavy atom. The van der Waals surface area contributed by atoms with E-state index >= 15 is 0 Å². The standard InChI is InChI=1S/C27H26FN5O3S/c1-16-14-33(17(2)13-32(16)15-18-3-6-20(28)7-4-18)26(36)22-12-30-23-8-5-19(11-21(22)23)24(34)25(35)31-27-29-9-10-37-27/h3-12,16-17,30H,13-15H2,1-2H3,(H,29,31,35). The molecular formula is C27H26FN5O3S. The largest absolute Gasteiger partial charge is 0.360 e. The molecule has 2 unspecified atom stereocenters. The van der Waals surface area contributed by atoms with E-state index in [2.05, 4.69) is 27.1 Å². The Morgan fingerprint density at radius 2 is 1.89 bits per heavy atom. The molecule has 0 bridgehead atoms. The van der Waals surface area contributed by atoms with Gasteiger partial charge in [0, 0.05) is 66.0 Å². The number of carbonyl (C=O) groups excluding carboxylic acids is 3. The van der Waals surface area contributed by atoms with Crippen LogP contribution < -0.4 is 5.32 Å². The van der Waals surface area contributed by atoms with Crippen LogP contribution in [0.3, 0.4) is 0 Å². The molecule has 5 rings (SSSR count). The number of piperazine rings is 1. The summed E-state index contributed by atoms with van der Waals surface area (Å²) in [5, 5.41) is 5.14. The third-order valence-corrected chi connectivity index (χ3v) is 7.40. The summed E-state index contributed by atoms with van der Waals surface area (Å²) < 4.78 is 13.3. The van der Waals surface area contributed by atoms with Crippen LogP contribution in [0.2, 0.25) is 0 Å². The van der Waals surface area contributed by atoms with Crippen molar-refractivity contribution in [3.63, 3.8) is 0 Å². The van der Waals surface area contributed by atoms with Gasteiger partial charge in [-0.05, 0) is 49.7 Å². The molecule has 1 saturated heterocycles. The molecule has 190 valence electrons. The number of amides is 2. The van der Waals surface area contributed by atoms with Gasteiger partial charge < -0.3 is 9.88 Å². The Balaban J connectivity index is 1.32. The molecule has 2 aromatic carbocycles. The van der Waals surface area contributed by atoms with Crippen LogP contribution in [0, 0.1) is 5.82 Å². The van der Waals surface area contributed by atoms with E-state index in [1.54, 1.807) is 48.1 Å². The van der Waals surface area contributed by atoms with Gasteiger partial charge in [0.15, 0.2) is 5.13 Å². The smallest absolute Gasteiger partial charge is 0.298 e.